The fraction of sp³-hybridized carbons (Fsp3) is 0.174. The summed E-state index contributed by atoms with van der Waals surface area (Å²) in [6, 6.07) is 17.9. The second kappa shape index (κ2) is 10.1. The van der Waals surface area contributed by atoms with Crippen molar-refractivity contribution in [1.82, 2.24) is 4.90 Å². The Labute approximate surface area is 203 Å². The van der Waals surface area contributed by atoms with Gasteiger partial charge in [-0.25, -0.2) is 8.42 Å². The number of amides is 1. The molecule has 168 valence electrons. The lowest BCUT2D eigenvalue weighted by Gasteiger charge is -2.27. The summed E-state index contributed by atoms with van der Waals surface area (Å²) >= 11 is 18.2. The monoisotopic (exact) mass is 510 g/mol. The van der Waals surface area contributed by atoms with E-state index in [2.05, 4.69) is 0 Å². The Morgan fingerprint density at radius 3 is 1.97 bits per heavy atom. The number of sulfonamides is 1. The van der Waals surface area contributed by atoms with Crippen molar-refractivity contribution in [3.8, 4) is 0 Å². The number of carbonyl (C=O) groups excluding carboxylic acids is 1. The van der Waals surface area contributed by atoms with Crippen molar-refractivity contribution < 1.29 is 13.2 Å². The average Bonchev–Trinajstić information content (AvgIpc) is 2.72. The standard InChI is InChI=1S/C23H21Cl3N2O3S/c1-16-3-9-22(10-4-16)32(30,31)28(21-12-19(25)11-20(26)13-21)15-23(29)27(2)14-17-5-7-18(24)8-6-17/h3-13H,14-15H2,1-2H3. The molecule has 0 aliphatic rings. The van der Waals surface area contributed by atoms with Crippen LogP contribution in [-0.2, 0) is 21.4 Å². The number of nitrogens with zero attached hydrogens (tertiary/aromatic N) is 2. The number of rotatable bonds is 7. The quantitative estimate of drug-likeness (QED) is 0.402. The zero-order chi connectivity index (χ0) is 23.5. The summed E-state index contributed by atoms with van der Waals surface area (Å²) in [5.41, 5.74) is 1.99. The van der Waals surface area contributed by atoms with Crippen molar-refractivity contribution in [2.24, 2.45) is 0 Å². The average molecular weight is 512 g/mol. The molecule has 0 aromatic heterocycles. The Morgan fingerprint density at radius 1 is 0.844 bits per heavy atom. The van der Waals surface area contributed by atoms with E-state index in [4.69, 9.17) is 34.8 Å². The van der Waals surface area contributed by atoms with E-state index >= 15 is 0 Å². The molecule has 1 amide bonds. The maximum absolute atomic E-state index is 13.5. The first-order chi connectivity index (χ1) is 15.1. The number of carbonyl (C=O) groups is 1. The van der Waals surface area contributed by atoms with E-state index in [-0.39, 0.29) is 20.6 Å². The van der Waals surface area contributed by atoms with E-state index in [0.717, 1.165) is 15.4 Å². The number of anilines is 1. The first-order valence-electron chi connectivity index (χ1n) is 9.60. The minimum atomic E-state index is -4.06. The maximum atomic E-state index is 13.5. The van der Waals surface area contributed by atoms with Gasteiger partial charge in [0.15, 0.2) is 0 Å². The molecule has 0 aliphatic heterocycles. The van der Waals surface area contributed by atoms with E-state index in [0.29, 0.717) is 11.6 Å². The molecule has 0 spiro atoms. The van der Waals surface area contributed by atoms with Crippen LogP contribution in [0.5, 0.6) is 0 Å². The Morgan fingerprint density at radius 2 is 1.41 bits per heavy atom. The zero-order valence-corrected chi connectivity index (χ0v) is 20.5. The largest absolute Gasteiger partial charge is 0.340 e. The van der Waals surface area contributed by atoms with Crippen LogP contribution in [0.2, 0.25) is 15.1 Å². The van der Waals surface area contributed by atoms with Gasteiger partial charge in [0.1, 0.15) is 6.54 Å². The van der Waals surface area contributed by atoms with Crippen LogP contribution in [0.4, 0.5) is 5.69 Å². The van der Waals surface area contributed by atoms with Crippen molar-refractivity contribution in [2.45, 2.75) is 18.4 Å². The number of aryl methyl sites for hydroxylation is 1. The van der Waals surface area contributed by atoms with E-state index in [1.165, 1.54) is 35.2 Å². The van der Waals surface area contributed by atoms with Gasteiger partial charge in [-0.15, -0.1) is 0 Å². The molecule has 0 saturated carbocycles. The van der Waals surface area contributed by atoms with Gasteiger partial charge in [-0.1, -0.05) is 64.6 Å². The molecular formula is C23H21Cl3N2O3S. The van der Waals surface area contributed by atoms with E-state index in [1.54, 1.807) is 31.3 Å². The van der Waals surface area contributed by atoms with Crippen molar-refractivity contribution >= 4 is 56.4 Å². The molecule has 3 aromatic carbocycles. The lowest BCUT2D eigenvalue weighted by atomic mass is 10.2. The topological polar surface area (TPSA) is 57.7 Å². The van der Waals surface area contributed by atoms with Gasteiger partial charge >= 0.3 is 0 Å². The number of halogens is 3. The molecule has 0 atom stereocenters. The van der Waals surface area contributed by atoms with E-state index < -0.39 is 22.5 Å². The van der Waals surface area contributed by atoms with Crippen LogP contribution in [0.1, 0.15) is 11.1 Å². The molecule has 0 unspecified atom stereocenters. The van der Waals surface area contributed by atoms with Crippen molar-refractivity contribution in [3.63, 3.8) is 0 Å². The summed E-state index contributed by atoms with van der Waals surface area (Å²) in [6.07, 6.45) is 0. The predicted molar refractivity (Wildman–Crippen MR) is 130 cm³/mol. The third-order valence-corrected chi connectivity index (χ3v) is 7.26. The van der Waals surface area contributed by atoms with Gasteiger partial charge < -0.3 is 4.90 Å². The Kier molecular flexibility index (Phi) is 7.72. The fourth-order valence-corrected chi connectivity index (χ4v) is 5.07. The van der Waals surface area contributed by atoms with Gasteiger partial charge in [0.2, 0.25) is 5.91 Å². The van der Waals surface area contributed by atoms with Gasteiger partial charge in [0.05, 0.1) is 10.6 Å². The Bertz CT molecular complexity index is 1190. The molecular weight excluding hydrogens is 491 g/mol. The summed E-state index contributed by atoms with van der Waals surface area (Å²) in [4.78, 5) is 14.5. The summed E-state index contributed by atoms with van der Waals surface area (Å²) in [5.74, 6) is -0.397. The van der Waals surface area contributed by atoms with Crippen LogP contribution in [0.3, 0.4) is 0 Å². The minimum Gasteiger partial charge on any atom is -0.340 e. The molecule has 0 aliphatic carbocycles. The number of hydrogen-bond donors (Lipinski definition) is 0. The molecule has 0 radical (unpaired) electrons. The highest BCUT2D eigenvalue weighted by Gasteiger charge is 2.29. The summed E-state index contributed by atoms with van der Waals surface area (Å²) in [7, 11) is -2.45. The zero-order valence-electron chi connectivity index (χ0n) is 17.4. The summed E-state index contributed by atoms with van der Waals surface area (Å²) in [6.45, 7) is 1.74. The number of likely N-dealkylation sites (N-methyl/N-ethyl adjacent to an activating group) is 1. The van der Waals surface area contributed by atoms with Crippen LogP contribution < -0.4 is 4.31 Å². The second-order valence-electron chi connectivity index (χ2n) is 7.33. The lowest BCUT2D eigenvalue weighted by Crippen LogP contribution is -2.41. The van der Waals surface area contributed by atoms with Crippen LogP contribution >= 0.6 is 34.8 Å². The predicted octanol–water partition coefficient (Wildman–Crippen LogP) is 5.81. The first kappa shape index (κ1) is 24.4. The Balaban J connectivity index is 1.94. The molecule has 3 aromatic rings. The van der Waals surface area contributed by atoms with Crippen LogP contribution in [0, 0.1) is 6.92 Å². The third kappa shape index (κ3) is 5.95. The molecule has 9 heteroatoms. The van der Waals surface area contributed by atoms with Crippen molar-refractivity contribution in [2.75, 3.05) is 17.9 Å². The lowest BCUT2D eigenvalue weighted by molar-refractivity contribution is -0.128. The van der Waals surface area contributed by atoms with Gasteiger partial charge in [-0.3, -0.25) is 9.10 Å². The number of benzene rings is 3. The van der Waals surface area contributed by atoms with Gasteiger partial charge in [-0.05, 0) is 55.0 Å². The second-order valence-corrected chi connectivity index (χ2v) is 10.5. The van der Waals surface area contributed by atoms with Crippen LogP contribution in [-0.4, -0.2) is 32.8 Å². The van der Waals surface area contributed by atoms with E-state index in [1.807, 2.05) is 19.1 Å². The molecule has 0 saturated heterocycles. The molecule has 5 nitrogen and oxygen atoms in total. The normalized spacial score (nSPS) is 11.3. The smallest absolute Gasteiger partial charge is 0.264 e. The molecule has 0 N–H and O–H groups in total. The highest BCUT2D eigenvalue weighted by Crippen LogP contribution is 2.30. The molecule has 32 heavy (non-hydrogen) atoms. The highest BCUT2D eigenvalue weighted by atomic mass is 35.5. The van der Waals surface area contributed by atoms with Gasteiger partial charge in [0.25, 0.3) is 10.0 Å². The van der Waals surface area contributed by atoms with Crippen molar-refractivity contribution in [1.29, 1.82) is 0 Å². The first-order valence-corrected chi connectivity index (χ1v) is 12.2. The highest BCUT2D eigenvalue weighted by molar-refractivity contribution is 7.92. The van der Waals surface area contributed by atoms with Gasteiger partial charge in [0, 0.05) is 28.7 Å². The van der Waals surface area contributed by atoms with Crippen LogP contribution in [0.25, 0.3) is 0 Å². The fourth-order valence-electron chi connectivity index (χ4n) is 3.03. The van der Waals surface area contributed by atoms with E-state index in [9.17, 15) is 13.2 Å². The molecule has 0 bridgehead atoms. The third-order valence-electron chi connectivity index (χ3n) is 4.78. The molecule has 3 rings (SSSR count). The SMILES string of the molecule is Cc1ccc(S(=O)(=O)N(CC(=O)N(C)Cc2ccc(Cl)cc2)c2cc(Cl)cc(Cl)c2)cc1. The molecule has 0 heterocycles. The van der Waals surface area contributed by atoms with Gasteiger partial charge in [-0.2, -0.15) is 0 Å². The van der Waals surface area contributed by atoms with Crippen LogP contribution in [0.15, 0.2) is 71.6 Å². The summed E-state index contributed by atoms with van der Waals surface area (Å²) < 4.78 is 28.0. The molecule has 0 fully saturated rings. The summed E-state index contributed by atoms with van der Waals surface area (Å²) in [5, 5.41) is 1.12. The van der Waals surface area contributed by atoms with Crippen molar-refractivity contribution in [3.05, 3.63) is 92.9 Å². The minimum absolute atomic E-state index is 0.0624. The Hall–Kier alpha value is -2.25. The number of hydrogen-bond acceptors (Lipinski definition) is 3. The maximum Gasteiger partial charge on any atom is 0.264 e.